The summed E-state index contributed by atoms with van der Waals surface area (Å²) in [5.74, 6) is -2.80. The third-order valence-corrected chi connectivity index (χ3v) is 5.33. The first-order chi connectivity index (χ1) is 8.71. The van der Waals surface area contributed by atoms with Gasteiger partial charge in [0, 0.05) is 11.3 Å². The van der Waals surface area contributed by atoms with E-state index < -0.39 is 22.7 Å². The summed E-state index contributed by atoms with van der Waals surface area (Å²) in [6.45, 7) is 5.58. The fraction of sp³-hybridized carbons (Fsp3) is 0.667. The molecule has 0 unspecified atom stereocenters. The molecule has 4 nitrogen and oxygen atoms in total. The van der Waals surface area contributed by atoms with Crippen LogP contribution >= 0.6 is 0 Å². The third kappa shape index (κ3) is 1.27. The Morgan fingerprint density at radius 2 is 2.00 bits per heavy atom. The summed E-state index contributed by atoms with van der Waals surface area (Å²) in [5, 5.41) is 9.32. The lowest BCUT2D eigenvalue weighted by Gasteiger charge is -2.47. The number of Topliss-reactive ketones (excluding diaryl/α,β-unsaturated/α-hetero) is 2. The van der Waals surface area contributed by atoms with Crippen molar-refractivity contribution in [1.29, 1.82) is 0 Å². The lowest BCUT2D eigenvalue weighted by atomic mass is 9.53. The topological polar surface area (TPSA) is 71.4 Å². The molecule has 4 aliphatic carbocycles. The monoisotopic (exact) mass is 262 g/mol. The molecule has 0 aromatic heterocycles. The lowest BCUT2D eigenvalue weighted by Crippen LogP contribution is -2.56. The Labute approximate surface area is 111 Å². The van der Waals surface area contributed by atoms with Gasteiger partial charge < -0.3 is 5.11 Å². The highest BCUT2D eigenvalue weighted by Gasteiger charge is 2.68. The van der Waals surface area contributed by atoms with Crippen molar-refractivity contribution in [1.82, 2.24) is 0 Å². The summed E-state index contributed by atoms with van der Waals surface area (Å²) in [6, 6.07) is 0. The second-order valence-electron chi connectivity index (χ2n) is 6.89. The molecular formula is C15H18O4. The molecular weight excluding hydrogens is 244 g/mol. The first kappa shape index (κ1) is 12.6. The van der Waals surface area contributed by atoms with Crippen molar-refractivity contribution in [3.63, 3.8) is 0 Å². The molecule has 19 heavy (non-hydrogen) atoms. The summed E-state index contributed by atoms with van der Waals surface area (Å²) in [4.78, 5) is 36.7. The molecule has 0 amide bonds. The minimum atomic E-state index is -1.15. The van der Waals surface area contributed by atoms with Crippen molar-refractivity contribution >= 4 is 17.5 Å². The minimum Gasteiger partial charge on any atom is -0.481 e. The SMILES string of the molecule is CC1=C[C@]23C(=O)[C@H](C(=O)O)[C@H]1C[C@@H]2CC(C)(C)C3=O. The van der Waals surface area contributed by atoms with Gasteiger partial charge in [0.1, 0.15) is 11.3 Å². The largest absolute Gasteiger partial charge is 0.481 e. The molecule has 102 valence electrons. The maximum Gasteiger partial charge on any atom is 0.314 e. The molecule has 1 spiro atoms. The Balaban J connectivity index is 2.21. The fourth-order valence-corrected chi connectivity index (χ4v) is 4.53. The third-order valence-electron chi connectivity index (χ3n) is 5.33. The number of hydrogen-bond donors (Lipinski definition) is 1. The standard InChI is InChI=1S/C15H18O4/c1-7-5-15-8(6-14(2,3)13(15)19)4-9(7)10(11(15)16)12(17)18/h5,8-10H,4,6H2,1-3H3,(H,17,18)/t8-,9+,10-,15-/m1/s1. The van der Waals surface area contributed by atoms with Gasteiger partial charge >= 0.3 is 5.97 Å². The van der Waals surface area contributed by atoms with Crippen LogP contribution in [-0.2, 0) is 14.4 Å². The van der Waals surface area contributed by atoms with E-state index in [9.17, 15) is 19.5 Å². The molecule has 4 rings (SSSR count). The van der Waals surface area contributed by atoms with E-state index >= 15 is 0 Å². The second kappa shape index (κ2) is 3.35. The van der Waals surface area contributed by atoms with Gasteiger partial charge in [0.25, 0.3) is 0 Å². The summed E-state index contributed by atoms with van der Waals surface area (Å²) in [6.07, 6.45) is 3.12. The number of aliphatic carboxylic acids is 1. The van der Waals surface area contributed by atoms with Crippen LogP contribution in [0, 0.1) is 28.6 Å². The molecule has 2 bridgehead atoms. The number of hydrogen-bond acceptors (Lipinski definition) is 3. The highest BCUT2D eigenvalue weighted by Crippen LogP contribution is 2.62. The molecule has 0 aromatic rings. The zero-order chi connectivity index (χ0) is 14.2. The zero-order valence-corrected chi connectivity index (χ0v) is 11.4. The van der Waals surface area contributed by atoms with E-state index in [0.717, 1.165) is 5.57 Å². The summed E-state index contributed by atoms with van der Waals surface area (Å²) < 4.78 is 0. The Hall–Kier alpha value is -1.45. The van der Waals surface area contributed by atoms with E-state index in [1.807, 2.05) is 20.8 Å². The van der Waals surface area contributed by atoms with Gasteiger partial charge in [-0.3, -0.25) is 14.4 Å². The maximum absolute atomic E-state index is 12.7. The maximum atomic E-state index is 12.7. The molecule has 0 aromatic carbocycles. The Morgan fingerprint density at radius 3 is 2.58 bits per heavy atom. The van der Waals surface area contributed by atoms with E-state index in [4.69, 9.17) is 0 Å². The van der Waals surface area contributed by atoms with Crippen molar-refractivity contribution in [3.05, 3.63) is 11.6 Å². The molecule has 0 saturated heterocycles. The molecule has 0 heterocycles. The van der Waals surface area contributed by atoms with Gasteiger partial charge in [-0.2, -0.15) is 0 Å². The quantitative estimate of drug-likeness (QED) is 0.578. The highest BCUT2D eigenvalue weighted by atomic mass is 16.4. The summed E-state index contributed by atoms with van der Waals surface area (Å²) in [7, 11) is 0. The van der Waals surface area contributed by atoms with Crippen LogP contribution in [0.25, 0.3) is 0 Å². The second-order valence-corrected chi connectivity index (χ2v) is 6.89. The molecule has 1 N–H and O–H groups in total. The smallest absolute Gasteiger partial charge is 0.314 e. The average molecular weight is 262 g/mol. The van der Waals surface area contributed by atoms with E-state index in [0.29, 0.717) is 12.8 Å². The van der Waals surface area contributed by atoms with Crippen molar-refractivity contribution in [2.24, 2.45) is 28.6 Å². The predicted molar refractivity (Wildman–Crippen MR) is 67.3 cm³/mol. The van der Waals surface area contributed by atoms with Crippen molar-refractivity contribution < 1.29 is 19.5 Å². The Kier molecular flexibility index (Phi) is 2.22. The van der Waals surface area contributed by atoms with Crippen LogP contribution in [0.3, 0.4) is 0 Å². The van der Waals surface area contributed by atoms with Gasteiger partial charge in [-0.1, -0.05) is 25.5 Å². The van der Waals surface area contributed by atoms with Crippen molar-refractivity contribution in [2.75, 3.05) is 0 Å². The van der Waals surface area contributed by atoms with Crippen LogP contribution in [0.2, 0.25) is 0 Å². The Morgan fingerprint density at radius 1 is 1.37 bits per heavy atom. The van der Waals surface area contributed by atoms with Gasteiger partial charge in [-0.25, -0.2) is 0 Å². The van der Waals surface area contributed by atoms with Crippen LogP contribution in [-0.4, -0.2) is 22.6 Å². The number of allylic oxidation sites excluding steroid dienone is 2. The van der Waals surface area contributed by atoms with Gasteiger partial charge in [-0.05, 0) is 25.7 Å². The number of rotatable bonds is 1. The molecule has 2 fully saturated rings. The molecule has 0 aliphatic heterocycles. The van der Waals surface area contributed by atoms with Gasteiger partial charge in [0.05, 0.1) is 0 Å². The van der Waals surface area contributed by atoms with Gasteiger partial charge in [0.15, 0.2) is 11.6 Å². The van der Waals surface area contributed by atoms with Crippen LogP contribution < -0.4 is 0 Å². The number of carboxylic acids is 1. The molecule has 4 atom stereocenters. The molecule has 0 radical (unpaired) electrons. The summed E-state index contributed by atoms with van der Waals surface area (Å²) in [5.41, 5.74) is -0.778. The van der Waals surface area contributed by atoms with Crippen LogP contribution in [0.5, 0.6) is 0 Å². The van der Waals surface area contributed by atoms with E-state index in [1.165, 1.54) is 0 Å². The first-order valence-electron chi connectivity index (χ1n) is 6.73. The fourth-order valence-electron chi connectivity index (χ4n) is 4.53. The average Bonchev–Trinajstić information content (AvgIpc) is 2.48. The van der Waals surface area contributed by atoms with Crippen LogP contribution in [0.1, 0.15) is 33.6 Å². The summed E-state index contributed by atoms with van der Waals surface area (Å²) >= 11 is 0. The van der Waals surface area contributed by atoms with E-state index in [1.54, 1.807) is 6.08 Å². The number of ketones is 2. The van der Waals surface area contributed by atoms with Crippen LogP contribution in [0.15, 0.2) is 11.6 Å². The van der Waals surface area contributed by atoms with Crippen molar-refractivity contribution in [2.45, 2.75) is 33.6 Å². The van der Waals surface area contributed by atoms with Crippen molar-refractivity contribution in [3.8, 4) is 0 Å². The number of carbonyl (C=O) groups excluding carboxylic acids is 2. The van der Waals surface area contributed by atoms with Gasteiger partial charge in [0.2, 0.25) is 0 Å². The van der Waals surface area contributed by atoms with Gasteiger partial charge in [-0.15, -0.1) is 0 Å². The lowest BCUT2D eigenvalue weighted by molar-refractivity contribution is -0.158. The van der Waals surface area contributed by atoms with Crippen LogP contribution in [0.4, 0.5) is 0 Å². The Bertz CT molecular complexity index is 542. The number of fused-ring (bicyclic) bond motifs is 1. The number of carboxylic acid groups (broad SMARTS) is 1. The predicted octanol–water partition coefficient (Wildman–Crippen LogP) is 1.84. The highest BCUT2D eigenvalue weighted by molar-refractivity contribution is 6.19. The van der Waals surface area contributed by atoms with E-state index in [2.05, 4.69) is 0 Å². The molecule has 4 heteroatoms. The molecule has 4 aliphatic rings. The number of carbonyl (C=O) groups is 3. The zero-order valence-electron chi connectivity index (χ0n) is 11.4. The first-order valence-corrected chi connectivity index (χ1v) is 6.73. The minimum absolute atomic E-state index is 0.00759. The molecule has 2 saturated carbocycles. The van der Waals surface area contributed by atoms with E-state index in [-0.39, 0.29) is 23.4 Å². The normalized spacial score (nSPS) is 43.1.